The maximum Gasteiger partial charge on any atom is 0.220 e. The number of halogens is 2. The Bertz CT molecular complexity index is 1040. The minimum Gasteiger partial charge on any atom is -0.359 e. The van der Waals surface area contributed by atoms with Crippen LogP contribution in [-0.2, 0) is 16.6 Å². The van der Waals surface area contributed by atoms with Crippen LogP contribution in [-0.4, -0.2) is 34.3 Å². The van der Waals surface area contributed by atoms with E-state index in [4.69, 9.17) is 16.6 Å². The van der Waals surface area contributed by atoms with Crippen molar-refractivity contribution in [1.82, 2.24) is 20.5 Å². The second kappa shape index (κ2) is 8.48. The number of carbonyl (C=O) groups is 1. The van der Waals surface area contributed by atoms with Crippen molar-refractivity contribution in [2.75, 3.05) is 7.05 Å². The third-order valence-electron chi connectivity index (χ3n) is 5.64. The molecule has 154 valence electrons. The van der Waals surface area contributed by atoms with Gasteiger partial charge in [0.1, 0.15) is 11.9 Å². The summed E-state index contributed by atoms with van der Waals surface area (Å²) in [5.41, 5.74) is 2.51. The summed E-state index contributed by atoms with van der Waals surface area (Å²) >= 11 is 6.04. The van der Waals surface area contributed by atoms with Gasteiger partial charge in [-0.3, -0.25) is 4.79 Å². The average molecular weight is 425 g/mol. The fourth-order valence-corrected chi connectivity index (χ4v) is 4.05. The van der Waals surface area contributed by atoms with E-state index < -0.39 is 11.6 Å². The lowest BCUT2D eigenvalue weighted by molar-refractivity contribution is -0.120. The van der Waals surface area contributed by atoms with E-state index in [1.165, 1.54) is 0 Å². The zero-order valence-corrected chi connectivity index (χ0v) is 17.4. The smallest absolute Gasteiger partial charge is 0.220 e. The van der Waals surface area contributed by atoms with Crippen LogP contribution in [0.2, 0.25) is 5.02 Å². The highest BCUT2D eigenvalue weighted by atomic mass is 35.5. The molecule has 3 aromatic rings. The first-order valence-corrected chi connectivity index (χ1v) is 10.3. The molecule has 0 unspecified atom stereocenters. The minimum absolute atomic E-state index is 0.0749. The molecule has 1 aliphatic carbocycles. The first kappa shape index (κ1) is 20.4. The molecule has 0 radical (unpaired) electrons. The summed E-state index contributed by atoms with van der Waals surface area (Å²) in [6.07, 6.45) is 0.398. The molecule has 1 heterocycles. The Morgan fingerprint density at radius 3 is 2.47 bits per heavy atom. The number of carbonyl (C=O) groups excluding carboxylic acids is 1. The molecule has 1 aromatic heterocycles. The lowest BCUT2D eigenvalue weighted by Gasteiger charge is -2.43. The standard InChI is InChI=1S/C23H22ClFN4O/c1-26-20(30)12-11-19-21(15-5-3-2-4-6-15)28-29-22(27-19)23(13-18(25)14-23)16-7-9-17(24)10-8-16/h2-10,18H,11-14H2,1H3,(H,26,30)/t18-,23-. The molecule has 7 heteroatoms. The van der Waals surface area contributed by atoms with Crippen molar-refractivity contribution in [3.05, 3.63) is 76.7 Å². The Balaban J connectivity index is 1.77. The van der Waals surface area contributed by atoms with Gasteiger partial charge in [0.25, 0.3) is 0 Å². The lowest BCUT2D eigenvalue weighted by Crippen LogP contribution is -2.45. The van der Waals surface area contributed by atoms with E-state index in [1.807, 2.05) is 42.5 Å². The maximum absolute atomic E-state index is 14.1. The third kappa shape index (κ3) is 3.92. The molecule has 0 bridgehead atoms. The lowest BCUT2D eigenvalue weighted by atomic mass is 9.62. The van der Waals surface area contributed by atoms with Crippen molar-refractivity contribution in [1.29, 1.82) is 0 Å². The largest absolute Gasteiger partial charge is 0.359 e. The number of alkyl halides is 1. The van der Waals surface area contributed by atoms with Gasteiger partial charge in [0, 0.05) is 30.5 Å². The Morgan fingerprint density at radius 2 is 1.83 bits per heavy atom. The van der Waals surface area contributed by atoms with Crippen molar-refractivity contribution in [2.45, 2.75) is 37.3 Å². The Hall–Kier alpha value is -2.86. The van der Waals surface area contributed by atoms with Crippen LogP contribution in [0.4, 0.5) is 4.39 Å². The van der Waals surface area contributed by atoms with Crippen LogP contribution >= 0.6 is 11.6 Å². The first-order valence-electron chi connectivity index (χ1n) is 9.92. The number of nitrogens with zero attached hydrogens (tertiary/aromatic N) is 3. The van der Waals surface area contributed by atoms with Gasteiger partial charge in [-0.2, -0.15) is 0 Å². The predicted molar refractivity (Wildman–Crippen MR) is 114 cm³/mol. The molecule has 0 aliphatic heterocycles. The van der Waals surface area contributed by atoms with Crippen molar-refractivity contribution in [3.8, 4) is 11.3 Å². The summed E-state index contributed by atoms with van der Waals surface area (Å²) in [5, 5.41) is 12.2. The molecule has 1 N–H and O–H groups in total. The van der Waals surface area contributed by atoms with Gasteiger partial charge in [0.2, 0.25) is 5.91 Å². The van der Waals surface area contributed by atoms with Gasteiger partial charge in [-0.1, -0.05) is 54.1 Å². The van der Waals surface area contributed by atoms with Gasteiger partial charge in [-0.25, -0.2) is 9.37 Å². The molecular weight excluding hydrogens is 403 g/mol. The summed E-state index contributed by atoms with van der Waals surface area (Å²) < 4.78 is 14.1. The second-order valence-corrected chi connectivity index (χ2v) is 8.00. The SMILES string of the molecule is CNC(=O)CCc1nc([C@]2(c3ccc(Cl)cc3)C[C@@H](F)C2)nnc1-c1ccccc1. The molecule has 0 atom stereocenters. The number of nitrogens with one attached hydrogen (secondary N) is 1. The van der Waals surface area contributed by atoms with Crippen molar-refractivity contribution in [2.24, 2.45) is 0 Å². The molecule has 1 amide bonds. The molecule has 1 fully saturated rings. The van der Waals surface area contributed by atoms with E-state index in [0.717, 1.165) is 11.1 Å². The number of aryl methyl sites for hydroxylation is 1. The van der Waals surface area contributed by atoms with Gasteiger partial charge < -0.3 is 5.32 Å². The minimum atomic E-state index is -0.910. The Kier molecular flexibility index (Phi) is 5.77. The van der Waals surface area contributed by atoms with E-state index in [-0.39, 0.29) is 12.3 Å². The number of benzene rings is 2. The van der Waals surface area contributed by atoms with Crippen LogP contribution in [0, 0.1) is 0 Å². The number of rotatable bonds is 6. The second-order valence-electron chi connectivity index (χ2n) is 7.56. The highest BCUT2D eigenvalue weighted by Crippen LogP contribution is 2.49. The normalized spacial score (nSPS) is 20.4. The zero-order chi connectivity index (χ0) is 21.1. The summed E-state index contributed by atoms with van der Waals surface area (Å²) in [6.45, 7) is 0. The highest BCUT2D eigenvalue weighted by molar-refractivity contribution is 6.30. The molecule has 4 rings (SSSR count). The molecule has 2 aromatic carbocycles. The van der Waals surface area contributed by atoms with E-state index in [0.29, 0.717) is 41.5 Å². The van der Waals surface area contributed by atoms with E-state index in [9.17, 15) is 9.18 Å². The van der Waals surface area contributed by atoms with E-state index in [2.05, 4.69) is 15.5 Å². The van der Waals surface area contributed by atoms with Crippen molar-refractivity contribution < 1.29 is 9.18 Å². The topological polar surface area (TPSA) is 67.8 Å². The molecule has 0 spiro atoms. The number of aromatic nitrogens is 3. The molecule has 0 saturated heterocycles. The summed E-state index contributed by atoms with van der Waals surface area (Å²) in [6, 6.07) is 17.0. The number of hydrogen-bond donors (Lipinski definition) is 1. The van der Waals surface area contributed by atoms with Crippen LogP contribution in [0.5, 0.6) is 0 Å². The zero-order valence-electron chi connectivity index (χ0n) is 16.6. The van der Waals surface area contributed by atoms with Crippen LogP contribution in [0.3, 0.4) is 0 Å². The summed E-state index contributed by atoms with van der Waals surface area (Å²) in [4.78, 5) is 16.7. The fraction of sp³-hybridized carbons (Fsp3) is 0.304. The number of hydrogen-bond acceptors (Lipinski definition) is 4. The van der Waals surface area contributed by atoms with Crippen LogP contribution in [0.1, 0.15) is 36.3 Å². The van der Waals surface area contributed by atoms with Gasteiger partial charge in [-0.15, -0.1) is 10.2 Å². The van der Waals surface area contributed by atoms with Gasteiger partial charge in [-0.05, 0) is 30.5 Å². The van der Waals surface area contributed by atoms with Crippen molar-refractivity contribution >= 4 is 17.5 Å². The summed E-state index contributed by atoms with van der Waals surface area (Å²) in [7, 11) is 1.61. The molecule has 5 nitrogen and oxygen atoms in total. The van der Waals surface area contributed by atoms with Crippen LogP contribution in [0.25, 0.3) is 11.3 Å². The Morgan fingerprint density at radius 1 is 1.13 bits per heavy atom. The molecular formula is C23H22ClFN4O. The van der Waals surface area contributed by atoms with Crippen molar-refractivity contribution in [3.63, 3.8) is 0 Å². The first-order chi connectivity index (χ1) is 14.5. The van der Waals surface area contributed by atoms with Gasteiger partial charge in [0.15, 0.2) is 5.82 Å². The third-order valence-corrected chi connectivity index (χ3v) is 5.89. The van der Waals surface area contributed by atoms with E-state index in [1.54, 1.807) is 19.2 Å². The molecule has 1 aliphatic rings. The average Bonchev–Trinajstić information content (AvgIpc) is 2.76. The quantitative estimate of drug-likeness (QED) is 0.641. The predicted octanol–water partition coefficient (Wildman–Crippen LogP) is 4.29. The monoisotopic (exact) mass is 424 g/mol. The van der Waals surface area contributed by atoms with E-state index >= 15 is 0 Å². The fourth-order valence-electron chi connectivity index (χ4n) is 3.93. The highest BCUT2D eigenvalue weighted by Gasteiger charge is 2.50. The van der Waals surface area contributed by atoms with Crippen LogP contribution < -0.4 is 5.32 Å². The molecule has 30 heavy (non-hydrogen) atoms. The Labute approximate surface area is 179 Å². The van der Waals surface area contributed by atoms with Crippen LogP contribution in [0.15, 0.2) is 54.6 Å². The number of amides is 1. The maximum atomic E-state index is 14.1. The molecule has 1 saturated carbocycles. The van der Waals surface area contributed by atoms with Gasteiger partial charge in [0.05, 0.1) is 11.1 Å². The van der Waals surface area contributed by atoms with Gasteiger partial charge >= 0.3 is 0 Å². The summed E-state index contributed by atoms with van der Waals surface area (Å²) in [5.74, 6) is 0.416.